The van der Waals surface area contributed by atoms with E-state index in [1.54, 1.807) is 22.1 Å². The third-order valence-corrected chi connectivity index (χ3v) is 4.94. The zero-order valence-corrected chi connectivity index (χ0v) is 14.5. The molecular weight excluding hydrogens is 310 g/mol. The molecule has 0 spiro atoms. The van der Waals surface area contributed by atoms with Crippen LogP contribution in [0.2, 0.25) is 0 Å². The number of carbonyl (C=O) groups excluding carboxylic acids is 1. The number of aryl methyl sites for hydroxylation is 2. The van der Waals surface area contributed by atoms with Crippen molar-refractivity contribution in [2.75, 3.05) is 13.1 Å². The van der Waals surface area contributed by atoms with Gasteiger partial charge < -0.3 is 4.74 Å². The molecule has 124 valence electrons. The van der Waals surface area contributed by atoms with Crippen LogP contribution >= 0.6 is 11.3 Å². The average molecular weight is 333 g/mol. The van der Waals surface area contributed by atoms with E-state index in [0.717, 1.165) is 38.2 Å². The topological polar surface area (TPSA) is 47.4 Å². The van der Waals surface area contributed by atoms with E-state index in [4.69, 9.17) is 4.74 Å². The molecule has 0 radical (unpaired) electrons. The number of rotatable bonds is 5. The summed E-state index contributed by atoms with van der Waals surface area (Å²) in [7, 11) is 0. The van der Waals surface area contributed by atoms with E-state index < -0.39 is 0 Å². The Bertz CT molecular complexity index is 643. The molecule has 0 atom stereocenters. The van der Waals surface area contributed by atoms with Gasteiger partial charge in [-0.2, -0.15) is 16.4 Å². The standard InChI is InChI=1S/C17H23N3O2S/c1-3-20-16(10-13(2)18-20)17(21)22-15-4-7-19(8-5-15)11-14-6-9-23-12-14/h6,9-10,12,15H,3-5,7-8,11H2,1-2H3. The van der Waals surface area contributed by atoms with E-state index >= 15 is 0 Å². The molecule has 0 aliphatic carbocycles. The molecule has 2 aromatic rings. The fourth-order valence-electron chi connectivity index (χ4n) is 2.99. The zero-order chi connectivity index (χ0) is 16.2. The van der Waals surface area contributed by atoms with Crippen molar-refractivity contribution >= 4 is 17.3 Å². The summed E-state index contributed by atoms with van der Waals surface area (Å²) in [4.78, 5) is 14.8. The molecule has 1 aliphatic rings. The Morgan fingerprint density at radius 2 is 2.22 bits per heavy atom. The lowest BCUT2D eigenvalue weighted by molar-refractivity contribution is 0.00922. The van der Waals surface area contributed by atoms with Crippen molar-refractivity contribution in [1.29, 1.82) is 0 Å². The molecule has 1 fully saturated rings. The van der Waals surface area contributed by atoms with Crippen LogP contribution in [0.1, 0.15) is 41.5 Å². The highest BCUT2D eigenvalue weighted by Gasteiger charge is 2.24. The van der Waals surface area contributed by atoms with Crippen molar-refractivity contribution in [3.63, 3.8) is 0 Å². The number of esters is 1. The number of ether oxygens (including phenoxy) is 1. The Morgan fingerprint density at radius 1 is 1.43 bits per heavy atom. The minimum absolute atomic E-state index is 0.0155. The fourth-order valence-corrected chi connectivity index (χ4v) is 3.65. The van der Waals surface area contributed by atoms with Crippen molar-refractivity contribution in [3.05, 3.63) is 39.8 Å². The summed E-state index contributed by atoms with van der Waals surface area (Å²) < 4.78 is 7.40. The largest absolute Gasteiger partial charge is 0.458 e. The highest BCUT2D eigenvalue weighted by atomic mass is 32.1. The van der Waals surface area contributed by atoms with E-state index in [9.17, 15) is 4.79 Å². The summed E-state index contributed by atoms with van der Waals surface area (Å²) in [5, 5.41) is 8.61. The van der Waals surface area contributed by atoms with E-state index in [0.29, 0.717) is 12.2 Å². The minimum atomic E-state index is -0.247. The fraction of sp³-hybridized carbons (Fsp3) is 0.529. The van der Waals surface area contributed by atoms with Gasteiger partial charge in [-0.1, -0.05) is 0 Å². The lowest BCUT2D eigenvalue weighted by Crippen LogP contribution is -2.37. The van der Waals surface area contributed by atoms with Gasteiger partial charge in [0.15, 0.2) is 0 Å². The van der Waals surface area contributed by atoms with Crippen LogP contribution in [0.15, 0.2) is 22.9 Å². The number of hydrogen-bond acceptors (Lipinski definition) is 5. The van der Waals surface area contributed by atoms with Gasteiger partial charge in [-0.15, -0.1) is 0 Å². The van der Waals surface area contributed by atoms with Crippen LogP contribution in [0.3, 0.4) is 0 Å². The molecule has 0 amide bonds. The Balaban J connectivity index is 1.51. The quantitative estimate of drug-likeness (QED) is 0.789. The number of piperidine rings is 1. The first kappa shape index (κ1) is 16.2. The van der Waals surface area contributed by atoms with Crippen molar-refractivity contribution < 1.29 is 9.53 Å². The second kappa shape index (κ2) is 7.27. The number of nitrogens with zero attached hydrogens (tertiary/aromatic N) is 3. The van der Waals surface area contributed by atoms with E-state index in [1.165, 1.54) is 5.56 Å². The van der Waals surface area contributed by atoms with Gasteiger partial charge >= 0.3 is 5.97 Å². The summed E-state index contributed by atoms with van der Waals surface area (Å²) >= 11 is 1.74. The smallest absolute Gasteiger partial charge is 0.356 e. The van der Waals surface area contributed by atoms with Gasteiger partial charge in [-0.3, -0.25) is 9.58 Å². The maximum absolute atomic E-state index is 12.3. The van der Waals surface area contributed by atoms with E-state index in [2.05, 4.69) is 26.8 Å². The first-order chi connectivity index (χ1) is 11.2. The van der Waals surface area contributed by atoms with Gasteiger partial charge in [0.1, 0.15) is 11.8 Å². The number of aromatic nitrogens is 2. The molecule has 1 saturated heterocycles. The summed E-state index contributed by atoms with van der Waals surface area (Å²) in [6.07, 6.45) is 1.81. The molecule has 0 aromatic carbocycles. The Labute approximate surface area is 140 Å². The van der Waals surface area contributed by atoms with Crippen LogP contribution in [0.4, 0.5) is 0 Å². The number of hydrogen-bond donors (Lipinski definition) is 0. The summed E-state index contributed by atoms with van der Waals surface area (Å²) in [6, 6.07) is 3.97. The second-order valence-electron chi connectivity index (χ2n) is 6.00. The predicted molar refractivity (Wildman–Crippen MR) is 90.7 cm³/mol. The van der Waals surface area contributed by atoms with Gasteiger partial charge in [0.2, 0.25) is 0 Å². The normalized spacial score (nSPS) is 16.6. The number of likely N-dealkylation sites (tertiary alicyclic amines) is 1. The SMILES string of the molecule is CCn1nc(C)cc1C(=O)OC1CCN(Cc2ccsc2)CC1. The number of thiophene rings is 1. The molecule has 1 aliphatic heterocycles. The molecule has 23 heavy (non-hydrogen) atoms. The molecule has 0 saturated carbocycles. The van der Waals surface area contributed by atoms with Crippen molar-refractivity contribution in [2.24, 2.45) is 0 Å². The zero-order valence-electron chi connectivity index (χ0n) is 13.7. The Hall–Kier alpha value is -1.66. The van der Waals surface area contributed by atoms with Gasteiger partial charge in [-0.05, 0) is 55.1 Å². The molecule has 3 rings (SSSR count). The highest BCUT2D eigenvalue weighted by Crippen LogP contribution is 2.19. The first-order valence-electron chi connectivity index (χ1n) is 8.14. The van der Waals surface area contributed by atoms with Crippen LogP contribution in [0.5, 0.6) is 0 Å². The van der Waals surface area contributed by atoms with Crippen LogP contribution in [-0.2, 0) is 17.8 Å². The second-order valence-corrected chi connectivity index (χ2v) is 6.78. The Kier molecular flexibility index (Phi) is 5.13. The van der Waals surface area contributed by atoms with Crippen LogP contribution < -0.4 is 0 Å². The van der Waals surface area contributed by atoms with Gasteiger partial charge in [0, 0.05) is 26.2 Å². The van der Waals surface area contributed by atoms with Gasteiger partial charge in [-0.25, -0.2) is 4.79 Å². The molecule has 6 heteroatoms. The highest BCUT2D eigenvalue weighted by molar-refractivity contribution is 7.07. The van der Waals surface area contributed by atoms with Gasteiger partial charge in [0.05, 0.1) is 5.69 Å². The average Bonchev–Trinajstić information content (AvgIpc) is 3.18. The predicted octanol–water partition coefficient (Wildman–Crippen LogP) is 3.09. The first-order valence-corrected chi connectivity index (χ1v) is 9.09. The van der Waals surface area contributed by atoms with Crippen LogP contribution in [0.25, 0.3) is 0 Å². The van der Waals surface area contributed by atoms with Crippen LogP contribution in [-0.4, -0.2) is 39.8 Å². The van der Waals surface area contributed by atoms with E-state index in [-0.39, 0.29) is 12.1 Å². The third-order valence-electron chi connectivity index (χ3n) is 4.21. The summed E-state index contributed by atoms with van der Waals surface area (Å²) in [6.45, 7) is 7.49. The molecule has 2 aromatic heterocycles. The maximum Gasteiger partial charge on any atom is 0.356 e. The minimum Gasteiger partial charge on any atom is -0.458 e. The molecule has 0 bridgehead atoms. The van der Waals surface area contributed by atoms with Crippen molar-refractivity contribution in [1.82, 2.24) is 14.7 Å². The molecule has 0 unspecified atom stereocenters. The van der Waals surface area contributed by atoms with Crippen molar-refractivity contribution in [2.45, 2.75) is 45.9 Å². The third kappa shape index (κ3) is 4.00. The molecule has 0 N–H and O–H groups in total. The summed E-state index contributed by atoms with van der Waals surface area (Å²) in [5.41, 5.74) is 2.78. The number of carbonyl (C=O) groups is 1. The maximum atomic E-state index is 12.3. The van der Waals surface area contributed by atoms with Crippen molar-refractivity contribution in [3.8, 4) is 0 Å². The van der Waals surface area contributed by atoms with Gasteiger partial charge in [0.25, 0.3) is 0 Å². The van der Waals surface area contributed by atoms with E-state index in [1.807, 2.05) is 13.8 Å². The molecular formula is C17H23N3O2S. The monoisotopic (exact) mass is 333 g/mol. The summed E-state index contributed by atoms with van der Waals surface area (Å²) in [5.74, 6) is -0.247. The molecule has 3 heterocycles. The Morgan fingerprint density at radius 3 is 2.87 bits per heavy atom. The molecule has 5 nitrogen and oxygen atoms in total. The lowest BCUT2D eigenvalue weighted by atomic mass is 10.1. The lowest BCUT2D eigenvalue weighted by Gasteiger charge is -2.31. The van der Waals surface area contributed by atoms with Crippen LogP contribution in [0, 0.1) is 6.92 Å².